The number of amides is 2. The van der Waals surface area contributed by atoms with E-state index in [-0.39, 0.29) is 11.8 Å². The van der Waals surface area contributed by atoms with Gasteiger partial charge in [0.25, 0.3) is 5.91 Å². The zero-order valence-electron chi connectivity index (χ0n) is 20.9. The van der Waals surface area contributed by atoms with Crippen molar-refractivity contribution >= 4 is 34.2 Å². The Bertz CT molecular complexity index is 1530. The van der Waals surface area contributed by atoms with Crippen LogP contribution in [0.15, 0.2) is 66.9 Å². The Hall–Kier alpha value is -4.04. The van der Waals surface area contributed by atoms with Gasteiger partial charge in [-0.1, -0.05) is 6.07 Å². The van der Waals surface area contributed by atoms with E-state index in [4.69, 9.17) is 4.98 Å². The molecule has 2 atom stereocenters. The summed E-state index contributed by atoms with van der Waals surface area (Å²) in [6.07, 6.45) is 6.80. The van der Waals surface area contributed by atoms with Crippen molar-refractivity contribution in [2.24, 2.45) is 17.3 Å². The lowest BCUT2D eigenvalue weighted by Crippen LogP contribution is -2.59. The maximum atomic E-state index is 13.4. The maximum Gasteiger partial charge on any atom is 0.274 e. The molecule has 4 bridgehead atoms. The molecule has 2 aromatic carbocycles. The number of carbonyl (C=O) groups is 2. The molecule has 38 heavy (non-hydrogen) atoms. The molecule has 0 radical (unpaired) electrons. The number of fused-ring (bicyclic) bond motifs is 1. The molecule has 4 aliphatic rings. The lowest BCUT2D eigenvalue weighted by Gasteiger charge is -2.59. The third-order valence-electron chi connectivity index (χ3n) is 8.57. The van der Waals surface area contributed by atoms with E-state index in [1.54, 1.807) is 24.4 Å². The first-order valence-electron chi connectivity index (χ1n) is 13.2. The number of hydrogen-bond acceptors (Lipinski definition) is 5. The number of anilines is 2. The van der Waals surface area contributed by atoms with Crippen molar-refractivity contribution in [3.63, 3.8) is 0 Å². The van der Waals surface area contributed by atoms with E-state index in [2.05, 4.69) is 20.6 Å². The monoisotopic (exact) mass is 507 g/mol. The summed E-state index contributed by atoms with van der Waals surface area (Å²) in [5.41, 5.74) is 3.12. The number of aromatic nitrogens is 3. The number of aliphatic hydroxyl groups is 1. The van der Waals surface area contributed by atoms with Crippen molar-refractivity contribution in [2.45, 2.75) is 44.1 Å². The number of imidazole rings is 1. The van der Waals surface area contributed by atoms with Crippen molar-refractivity contribution in [2.75, 3.05) is 10.6 Å². The third-order valence-corrected chi connectivity index (χ3v) is 8.57. The fourth-order valence-corrected chi connectivity index (χ4v) is 7.37. The van der Waals surface area contributed by atoms with Gasteiger partial charge in [0.05, 0.1) is 22.0 Å². The van der Waals surface area contributed by atoms with E-state index in [0.717, 1.165) is 54.4 Å². The average Bonchev–Trinajstić information content (AvgIpc) is 3.32. The van der Waals surface area contributed by atoms with Gasteiger partial charge in [0.1, 0.15) is 11.5 Å². The Morgan fingerprint density at radius 1 is 0.921 bits per heavy atom. The van der Waals surface area contributed by atoms with Crippen molar-refractivity contribution in [3.05, 3.63) is 72.6 Å². The van der Waals surface area contributed by atoms with Crippen LogP contribution in [-0.4, -0.2) is 37.5 Å². The number of nitrogens with zero attached hydrogens (tertiary/aromatic N) is 2. The normalized spacial score (nSPS) is 27.4. The van der Waals surface area contributed by atoms with Crippen LogP contribution in [0.1, 0.15) is 49.0 Å². The molecule has 4 saturated carbocycles. The molecule has 2 unspecified atom stereocenters. The molecule has 4 N–H and O–H groups in total. The highest BCUT2D eigenvalue weighted by Crippen LogP contribution is 2.61. The molecule has 0 spiro atoms. The van der Waals surface area contributed by atoms with Crippen LogP contribution in [-0.2, 0) is 4.79 Å². The van der Waals surface area contributed by atoms with Crippen LogP contribution in [0.25, 0.3) is 22.4 Å². The number of hydrogen-bond donors (Lipinski definition) is 4. The summed E-state index contributed by atoms with van der Waals surface area (Å²) in [7, 11) is 0. The van der Waals surface area contributed by atoms with Crippen LogP contribution in [0.5, 0.6) is 0 Å². The van der Waals surface area contributed by atoms with Crippen LogP contribution in [0.2, 0.25) is 0 Å². The van der Waals surface area contributed by atoms with Gasteiger partial charge >= 0.3 is 0 Å². The molecule has 192 valence electrons. The standard InChI is InChI=1S/C30H29N5O3/c36-27(24-3-1-2-10-31-24)32-22-8-9-23-25(12-22)35-26(34-23)20-4-6-21(7-5-20)33-28(37)29-13-18-11-19(14-29)16-30(38,15-18)17-29/h1-10,12,18-19,38H,11,13-17H2,(H,32,36)(H,33,37)(H,34,35). The fraction of sp³-hybridized carbons (Fsp3) is 0.333. The zero-order valence-corrected chi connectivity index (χ0v) is 20.9. The van der Waals surface area contributed by atoms with E-state index in [1.165, 1.54) is 0 Å². The van der Waals surface area contributed by atoms with Gasteiger partial charge in [-0.25, -0.2) is 4.98 Å². The Kier molecular flexibility index (Phi) is 5.16. The lowest BCUT2D eigenvalue weighted by molar-refractivity contribution is -0.174. The Balaban J connectivity index is 1.06. The number of carbonyl (C=O) groups excluding carboxylic acids is 2. The number of aromatic amines is 1. The molecule has 8 heteroatoms. The van der Waals surface area contributed by atoms with Crippen molar-refractivity contribution < 1.29 is 14.7 Å². The molecule has 4 aliphatic carbocycles. The topological polar surface area (TPSA) is 120 Å². The minimum absolute atomic E-state index is 0.0433. The second-order valence-electron chi connectivity index (χ2n) is 11.5. The second-order valence-corrected chi connectivity index (χ2v) is 11.5. The highest BCUT2D eigenvalue weighted by atomic mass is 16.3. The highest BCUT2D eigenvalue weighted by molar-refractivity contribution is 6.03. The number of nitrogens with one attached hydrogen (secondary N) is 3. The van der Waals surface area contributed by atoms with E-state index >= 15 is 0 Å². The SMILES string of the molecule is O=C(Nc1ccc2nc(-c3ccc(NC(=O)C45CC6CC(CC(O)(C6)C4)C5)cc3)[nH]c2c1)c1ccccn1. The summed E-state index contributed by atoms with van der Waals surface area (Å²) < 4.78 is 0. The van der Waals surface area contributed by atoms with E-state index in [9.17, 15) is 14.7 Å². The van der Waals surface area contributed by atoms with Gasteiger partial charge in [-0.15, -0.1) is 0 Å². The van der Waals surface area contributed by atoms with Crippen LogP contribution in [0, 0.1) is 17.3 Å². The number of pyridine rings is 1. The van der Waals surface area contributed by atoms with E-state index in [1.807, 2.05) is 42.5 Å². The largest absolute Gasteiger partial charge is 0.390 e. The molecule has 8 nitrogen and oxygen atoms in total. The quantitative estimate of drug-likeness (QED) is 0.298. The number of H-pyrrole nitrogens is 1. The van der Waals surface area contributed by atoms with Gasteiger partial charge < -0.3 is 20.7 Å². The first-order chi connectivity index (χ1) is 18.4. The summed E-state index contributed by atoms with van der Waals surface area (Å²) in [6.45, 7) is 0. The zero-order chi connectivity index (χ0) is 25.9. The van der Waals surface area contributed by atoms with Gasteiger partial charge in [-0.05, 0) is 105 Å². The molecule has 4 aromatic rings. The van der Waals surface area contributed by atoms with Crippen molar-refractivity contribution in [1.29, 1.82) is 0 Å². The highest BCUT2D eigenvalue weighted by Gasteiger charge is 2.60. The first-order valence-corrected chi connectivity index (χ1v) is 13.2. The molecule has 8 rings (SSSR count). The smallest absolute Gasteiger partial charge is 0.274 e. The minimum atomic E-state index is -0.659. The average molecular weight is 508 g/mol. The Morgan fingerprint density at radius 3 is 2.39 bits per heavy atom. The summed E-state index contributed by atoms with van der Waals surface area (Å²) >= 11 is 0. The van der Waals surface area contributed by atoms with Gasteiger partial charge in [0, 0.05) is 23.1 Å². The summed E-state index contributed by atoms with van der Waals surface area (Å²) in [6, 6.07) is 18.4. The predicted octanol–water partition coefficient (Wildman–Crippen LogP) is 5.15. The minimum Gasteiger partial charge on any atom is -0.390 e. The molecular weight excluding hydrogens is 478 g/mol. The molecule has 0 saturated heterocycles. The van der Waals surface area contributed by atoms with Crippen LogP contribution in [0.3, 0.4) is 0 Å². The predicted molar refractivity (Wildman–Crippen MR) is 144 cm³/mol. The van der Waals surface area contributed by atoms with Gasteiger partial charge in [0.15, 0.2) is 0 Å². The summed E-state index contributed by atoms with van der Waals surface area (Å²) in [5, 5.41) is 17.0. The van der Waals surface area contributed by atoms with E-state index < -0.39 is 11.0 Å². The summed E-state index contributed by atoms with van der Waals surface area (Å²) in [4.78, 5) is 37.9. The molecule has 0 aliphatic heterocycles. The Morgan fingerprint density at radius 2 is 1.68 bits per heavy atom. The van der Waals surface area contributed by atoms with Crippen molar-refractivity contribution in [1.82, 2.24) is 15.0 Å². The van der Waals surface area contributed by atoms with Crippen LogP contribution in [0.4, 0.5) is 11.4 Å². The van der Waals surface area contributed by atoms with E-state index in [0.29, 0.717) is 35.5 Å². The van der Waals surface area contributed by atoms with Crippen LogP contribution >= 0.6 is 0 Å². The van der Waals surface area contributed by atoms with Gasteiger partial charge in [-0.2, -0.15) is 0 Å². The Labute approximate surface area is 219 Å². The maximum absolute atomic E-state index is 13.4. The van der Waals surface area contributed by atoms with Crippen molar-refractivity contribution in [3.8, 4) is 11.4 Å². The third kappa shape index (κ3) is 4.05. The second kappa shape index (κ2) is 8.49. The molecule has 2 aromatic heterocycles. The first kappa shape index (κ1) is 23.1. The number of rotatable bonds is 5. The molecular formula is C30H29N5O3. The molecule has 2 amide bonds. The van der Waals surface area contributed by atoms with Gasteiger partial charge in [-0.3, -0.25) is 14.6 Å². The van der Waals surface area contributed by atoms with Gasteiger partial charge in [0.2, 0.25) is 5.91 Å². The van der Waals surface area contributed by atoms with Crippen LogP contribution < -0.4 is 10.6 Å². The number of benzene rings is 2. The molecule has 4 fully saturated rings. The molecule has 2 heterocycles. The lowest BCUT2D eigenvalue weighted by atomic mass is 9.47. The summed E-state index contributed by atoms with van der Waals surface area (Å²) in [5.74, 6) is 1.40. The fourth-order valence-electron chi connectivity index (χ4n) is 7.37.